The molecular weight excluding hydrogens is 373 g/mol. The van der Waals surface area contributed by atoms with Gasteiger partial charge in [-0.2, -0.15) is 0 Å². The molecule has 0 N–H and O–H groups in total. The summed E-state index contributed by atoms with van der Waals surface area (Å²) < 4.78 is 18.9. The fourth-order valence-corrected chi connectivity index (χ4v) is 3.96. The van der Waals surface area contributed by atoms with Gasteiger partial charge >= 0.3 is 0 Å². The second kappa shape index (κ2) is 7.70. The summed E-state index contributed by atoms with van der Waals surface area (Å²) in [5.74, 6) is -0.228. The molecule has 134 valence electrons. The zero-order valence-corrected chi connectivity index (χ0v) is 15.5. The third-order valence-corrected chi connectivity index (χ3v) is 5.54. The first-order valence-electron chi connectivity index (χ1n) is 8.36. The van der Waals surface area contributed by atoms with Crippen molar-refractivity contribution in [3.8, 4) is 0 Å². The number of ether oxygens (including phenoxy) is 1. The molecule has 1 saturated heterocycles. The molecule has 1 fully saturated rings. The molecule has 0 radical (unpaired) electrons. The smallest absolute Gasteiger partial charge is 0.208 e. The number of halogens is 2. The molecule has 1 unspecified atom stereocenters. The third kappa shape index (κ3) is 4.03. The molecule has 4 rings (SSSR count). The van der Waals surface area contributed by atoms with Crippen LogP contribution in [0.5, 0.6) is 0 Å². The van der Waals surface area contributed by atoms with Crippen LogP contribution in [0, 0.1) is 5.82 Å². The molecule has 26 heavy (non-hydrogen) atoms. The maximum Gasteiger partial charge on any atom is 0.208 e. The predicted octanol–water partition coefficient (Wildman–Crippen LogP) is 4.50. The minimum atomic E-state index is -0.228. The summed E-state index contributed by atoms with van der Waals surface area (Å²) in [7, 11) is 0. The van der Waals surface area contributed by atoms with Crippen LogP contribution in [-0.2, 0) is 11.2 Å². The van der Waals surface area contributed by atoms with Crippen molar-refractivity contribution in [3.63, 3.8) is 0 Å². The van der Waals surface area contributed by atoms with Crippen LogP contribution < -0.4 is 4.90 Å². The van der Waals surface area contributed by atoms with E-state index in [4.69, 9.17) is 16.3 Å². The van der Waals surface area contributed by atoms with E-state index in [1.807, 2.05) is 24.3 Å². The van der Waals surface area contributed by atoms with Gasteiger partial charge in [0.05, 0.1) is 13.2 Å². The van der Waals surface area contributed by atoms with E-state index < -0.39 is 0 Å². The van der Waals surface area contributed by atoms with Crippen molar-refractivity contribution in [1.29, 1.82) is 0 Å². The molecule has 0 saturated carbocycles. The van der Waals surface area contributed by atoms with Crippen LogP contribution in [0.1, 0.15) is 22.2 Å². The molecule has 2 heterocycles. The Morgan fingerprint density at radius 2 is 1.88 bits per heavy atom. The lowest BCUT2D eigenvalue weighted by molar-refractivity contribution is 0.0397. The number of hydrogen-bond acceptors (Lipinski definition) is 5. The standard InChI is InChI=1S/C19H17ClFN3OS/c20-15-5-3-14(4-6-15)17-12-24(9-10-25-17)19-23-22-18(26-19)11-13-1-7-16(21)8-2-13/h1-8,17H,9-12H2. The van der Waals surface area contributed by atoms with E-state index in [1.54, 1.807) is 23.5 Å². The number of morpholine rings is 1. The largest absolute Gasteiger partial charge is 0.370 e. The maximum atomic E-state index is 13.0. The van der Waals surface area contributed by atoms with E-state index in [2.05, 4.69) is 15.1 Å². The molecular formula is C19H17ClFN3OS. The molecule has 2 aromatic carbocycles. The SMILES string of the molecule is Fc1ccc(Cc2nnc(N3CCOC(c4ccc(Cl)cc4)C3)s2)cc1. The molecule has 1 aliphatic rings. The van der Waals surface area contributed by atoms with Crippen molar-refractivity contribution in [2.45, 2.75) is 12.5 Å². The van der Waals surface area contributed by atoms with E-state index in [-0.39, 0.29) is 11.9 Å². The van der Waals surface area contributed by atoms with E-state index >= 15 is 0 Å². The number of rotatable bonds is 4. The first kappa shape index (κ1) is 17.4. The van der Waals surface area contributed by atoms with Gasteiger partial charge in [-0.15, -0.1) is 10.2 Å². The average molecular weight is 390 g/mol. The minimum Gasteiger partial charge on any atom is -0.370 e. The highest BCUT2D eigenvalue weighted by atomic mass is 35.5. The van der Waals surface area contributed by atoms with Gasteiger partial charge in [0.25, 0.3) is 0 Å². The highest BCUT2D eigenvalue weighted by Gasteiger charge is 2.24. The summed E-state index contributed by atoms with van der Waals surface area (Å²) in [5, 5.41) is 11.2. The van der Waals surface area contributed by atoms with Crippen LogP contribution in [0.2, 0.25) is 5.02 Å². The summed E-state index contributed by atoms with van der Waals surface area (Å²) in [6.07, 6.45) is 0.647. The summed E-state index contributed by atoms with van der Waals surface area (Å²) in [6, 6.07) is 14.2. The summed E-state index contributed by atoms with van der Waals surface area (Å²) in [4.78, 5) is 2.20. The molecule has 0 aliphatic carbocycles. The fourth-order valence-electron chi connectivity index (χ4n) is 2.92. The molecule has 4 nitrogen and oxygen atoms in total. The first-order chi connectivity index (χ1) is 12.7. The number of nitrogens with zero attached hydrogens (tertiary/aromatic N) is 3. The van der Waals surface area contributed by atoms with Crippen LogP contribution in [0.25, 0.3) is 0 Å². The summed E-state index contributed by atoms with van der Waals surface area (Å²) in [5.41, 5.74) is 2.13. The van der Waals surface area contributed by atoms with Crippen LogP contribution in [0.3, 0.4) is 0 Å². The molecule has 0 spiro atoms. The van der Waals surface area contributed by atoms with Crippen LogP contribution in [-0.4, -0.2) is 29.9 Å². The van der Waals surface area contributed by atoms with E-state index in [0.29, 0.717) is 13.0 Å². The third-order valence-electron chi connectivity index (χ3n) is 4.30. The van der Waals surface area contributed by atoms with Crippen LogP contribution in [0.4, 0.5) is 9.52 Å². The Morgan fingerprint density at radius 3 is 2.65 bits per heavy atom. The van der Waals surface area contributed by atoms with Crippen LogP contribution >= 0.6 is 22.9 Å². The van der Waals surface area contributed by atoms with Crippen molar-refractivity contribution in [3.05, 3.63) is 75.5 Å². The fraction of sp³-hybridized carbons (Fsp3) is 0.263. The number of anilines is 1. The molecule has 0 amide bonds. The first-order valence-corrected chi connectivity index (χ1v) is 9.56. The Labute approximate surface area is 160 Å². The van der Waals surface area contributed by atoms with Crippen molar-refractivity contribution in [1.82, 2.24) is 10.2 Å². The van der Waals surface area contributed by atoms with Crippen molar-refractivity contribution in [2.75, 3.05) is 24.6 Å². The van der Waals surface area contributed by atoms with Crippen molar-refractivity contribution >= 4 is 28.1 Å². The second-order valence-electron chi connectivity index (χ2n) is 6.14. The van der Waals surface area contributed by atoms with E-state index in [1.165, 1.54) is 12.1 Å². The van der Waals surface area contributed by atoms with Gasteiger partial charge in [-0.3, -0.25) is 0 Å². The number of benzene rings is 2. The Hall–Kier alpha value is -2.02. The lowest BCUT2D eigenvalue weighted by Gasteiger charge is -2.32. The van der Waals surface area contributed by atoms with Gasteiger partial charge < -0.3 is 9.64 Å². The van der Waals surface area contributed by atoms with E-state index in [0.717, 1.165) is 39.4 Å². The highest BCUT2D eigenvalue weighted by molar-refractivity contribution is 7.15. The zero-order valence-electron chi connectivity index (χ0n) is 13.9. The number of aromatic nitrogens is 2. The normalized spacial score (nSPS) is 17.5. The Kier molecular flexibility index (Phi) is 5.15. The summed E-state index contributed by atoms with van der Waals surface area (Å²) >= 11 is 7.54. The zero-order chi connectivity index (χ0) is 17.9. The molecule has 0 bridgehead atoms. The number of hydrogen-bond donors (Lipinski definition) is 0. The average Bonchev–Trinajstić information content (AvgIpc) is 3.13. The Morgan fingerprint density at radius 1 is 1.12 bits per heavy atom. The molecule has 3 aromatic rings. The predicted molar refractivity (Wildman–Crippen MR) is 101 cm³/mol. The second-order valence-corrected chi connectivity index (χ2v) is 7.62. The monoisotopic (exact) mass is 389 g/mol. The molecule has 7 heteroatoms. The lowest BCUT2D eigenvalue weighted by Crippen LogP contribution is -2.38. The topological polar surface area (TPSA) is 38.2 Å². The minimum absolute atomic E-state index is 0.00883. The van der Waals surface area contributed by atoms with Crippen molar-refractivity contribution in [2.24, 2.45) is 0 Å². The van der Waals surface area contributed by atoms with Gasteiger partial charge in [0.1, 0.15) is 16.9 Å². The van der Waals surface area contributed by atoms with Gasteiger partial charge in [0.15, 0.2) is 0 Å². The van der Waals surface area contributed by atoms with Crippen LogP contribution in [0.15, 0.2) is 48.5 Å². The molecule has 1 aliphatic heterocycles. The molecule has 1 aromatic heterocycles. The summed E-state index contributed by atoms with van der Waals surface area (Å²) in [6.45, 7) is 2.16. The van der Waals surface area contributed by atoms with Gasteiger partial charge in [-0.05, 0) is 35.4 Å². The van der Waals surface area contributed by atoms with E-state index in [9.17, 15) is 4.39 Å². The molecule has 1 atom stereocenters. The Bertz CT molecular complexity index is 869. The van der Waals surface area contributed by atoms with Gasteiger partial charge in [0.2, 0.25) is 5.13 Å². The van der Waals surface area contributed by atoms with Crippen molar-refractivity contribution < 1.29 is 9.13 Å². The highest BCUT2D eigenvalue weighted by Crippen LogP contribution is 2.29. The Balaban J connectivity index is 1.44. The van der Waals surface area contributed by atoms with Gasteiger partial charge in [0, 0.05) is 18.0 Å². The maximum absolute atomic E-state index is 13.0. The lowest BCUT2D eigenvalue weighted by atomic mass is 10.1. The quantitative estimate of drug-likeness (QED) is 0.658. The van der Waals surface area contributed by atoms with Gasteiger partial charge in [-0.1, -0.05) is 47.2 Å². The van der Waals surface area contributed by atoms with Gasteiger partial charge in [-0.25, -0.2) is 4.39 Å².